The second-order valence-electron chi connectivity index (χ2n) is 6.55. The smallest absolute Gasteiger partial charge is 0.242 e. The van der Waals surface area contributed by atoms with Crippen LogP contribution in [-0.4, -0.2) is 60.2 Å². The lowest BCUT2D eigenvalue weighted by Crippen LogP contribution is -2.37. The van der Waals surface area contributed by atoms with E-state index in [1.54, 1.807) is 0 Å². The lowest BCUT2D eigenvalue weighted by molar-refractivity contribution is -0.119. The summed E-state index contributed by atoms with van der Waals surface area (Å²) in [4.78, 5) is 22.7. The van der Waals surface area contributed by atoms with Gasteiger partial charge in [-0.1, -0.05) is 30.3 Å². The van der Waals surface area contributed by atoms with E-state index in [1.807, 2.05) is 30.3 Å². The van der Waals surface area contributed by atoms with E-state index >= 15 is 0 Å². The van der Waals surface area contributed by atoms with E-state index < -0.39 is 0 Å². The molecule has 150 valence electrons. The summed E-state index contributed by atoms with van der Waals surface area (Å²) in [5, 5.41) is 3.23. The van der Waals surface area contributed by atoms with E-state index in [1.165, 1.54) is 6.33 Å². The molecule has 1 aliphatic heterocycles. The molecule has 0 spiro atoms. The number of nitrogen functional groups attached to an aromatic ring is 1. The van der Waals surface area contributed by atoms with Crippen LogP contribution in [0, 0.1) is 0 Å². The van der Waals surface area contributed by atoms with Crippen molar-refractivity contribution in [3.8, 4) is 0 Å². The number of carbonyl (C=O) groups is 1. The van der Waals surface area contributed by atoms with Gasteiger partial charge in [-0.2, -0.15) is 0 Å². The number of nitrogens with two attached hydrogens (primary N) is 1. The molecule has 9 heteroatoms. The molecule has 2 aromatic rings. The first-order valence-electron chi connectivity index (χ1n) is 9.45. The molecule has 9 nitrogen and oxygen atoms in total. The van der Waals surface area contributed by atoms with Crippen LogP contribution >= 0.6 is 0 Å². The summed E-state index contributed by atoms with van der Waals surface area (Å²) in [6.07, 6.45) is 2.65. The Kier molecular flexibility index (Phi) is 7.39. The molecule has 0 saturated carbocycles. The minimum absolute atomic E-state index is 0.177. The Balaban J connectivity index is 1.43. The third kappa shape index (κ3) is 6.07. The Hall–Kier alpha value is -2.91. The van der Waals surface area contributed by atoms with Gasteiger partial charge < -0.3 is 15.8 Å². The van der Waals surface area contributed by atoms with Crippen molar-refractivity contribution in [1.82, 2.24) is 20.3 Å². The molecular formula is C19H27N7O2. The zero-order valence-corrected chi connectivity index (χ0v) is 15.9. The van der Waals surface area contributed by atoms with Crippen LogP contribution in [0.1, 0.15) is 12.0 Å². The van der Waals surface area contributed by atoms with Crippen LogP contribution in [0.5, 0.6) is 0 Å². The Labute approximate surface area is 164 Å². The number of hydrogen-bond acceptors (Lipinski definition) is 8. The van der Waals surface area contributed by atoms with E-state index in [9.17, 15) is 4.79 Å². The van der Waals surface area contributed by atoms with E-state index in [2.05, 4.69) is 31.0 Å². The van der Waals surface area contributed by atoms with Gasteiger partial charge in [0.15, 0.2) is 11.6 Å². The zero-order valence-electron chi connectivity index (χ0n) is 15.9. The van der Waals surface area contributed by atoms with E-state index in [0.717, 1.165) is 51.4 Å². The highest BCUT2D eigenvalue weighted by molar-refractivity contribution is 5.81. The predicted molar refractivity (Wildman–Crippen MR) is 109 cm³/mol. The van der Waals surface area contributed by atoms with Crippen LogP contribution in [0.3, 0.4) is 0 Å². The summed E-state index contributed by atoms with van der Waals surface area (Å²) in [6, 6.07) is 9.51. The molecule has 1 aliphatic rings. The zero-order chi connectivity index (χ0) is 19.6. The minimum Gasteiger partial charge on any atom is -0.393 e. The fourth-order valence-corrected chi connectivity index (χ4v) is 2.92. The van der Waals surface area contributed by atoms with E-state index in [-0.39, 0.29) is 12.3 Å². The Morgan fingerprint density at radius 1 is 1.14 bits per heavy atom. The molecule has 0 atom stereocenters. The molecule has 0 radical (unpaired) electrons. The van der Waals surface area contributed by atoms with Crippen LogP contribution in [0.15, 0.2) is 36.7 Å². The van der Waals surface area contributed by atoms with Gasteiger partial charge in [-0.3, -0.25) is 20.5 Å². The highest BCUT2D eigenvalue weighted by Crippen LogP contribution is 2.21. The van der Waals surface area contributed by atoms with Gasteiger partial charge in [0.25, 0.3) is 0 Å². The first kappa shape index (κ1) is 19.8. The molecule has 0 unspecified atom stereocenters. The molecule has 0 bridgehead atoms. The number of amides is 1. The number of ether oxygens (including phenoxy) is 1. The predicted octanol–water partition coefficient (Wildman–Crippen LogP) is 0.879. The monoisotopic (exact) mass is 385 g/mol. The molecule has 5 N–H and O–H groups in total. The van der Waals surface area contributed by atoms with E-state index in [4.69, 9.17) is 10.5 Å². The number of anilines is 3. The highest BCUT2D eigenvalue weighted by atomic mass is 16.5. The van der Waals surface area contributed by atoms with Crippen LogP contribution in [0.25, 0.3) is 0 Å². The fourth-order valence-electron chi connectivity index (χ4n) is 2.92. The van der Waals surface area contributed by atoms with Crippen molar-refractivity contribution in [3.63, 3.8) is 0 Å². The van der Waals surface area contributed by atoms with Crippen LogP contribution < -0.4 is 21.9 Å². The lowest BCUT2D eigenvalue weighted by Gasteiger charge is -2.26. The van der Waals surface area contributed by atoms with Crippen molar-refractivity contribution in [1.29, 1.82) is 0 Å². The molecule has 0 aliphatic carbocycles. The largest absolute Gasteiger partial charge is 0.393 e. The molecule has 28 heavy (non-hydrogen) atoms. The quantitative estimate of drug-likeness (QED) is 0.371. The van der Waals surface area contributed by atoms with Gasteiger partial charge in [-0.05, 0) is 18.5 Å². The summed E-state index contributed by atoms with van der Waals surface area (Å²) >= 11 is 0. The number of hydrogen-bond donors (Lipinski definition) is 4. The van der Waals surface area contributed by atoms with Gasteiger partial charge in [0.1, 0.15) is 12.0 Å². The van der Waals surface area contributed by atoms with Gasteiger partial charge >= 0.3 is 0 Å². The normalized spacial score (nSPS) is 14.4. The molecule has 1 fully saturated rings. The number of nitrogens with zero attached hydrogens (tertiary/aromatic N) is 3. The number of morpholine rings is 1. The van der Waals surface area contributed by atoms with Crippen molar-refractivity contribution < 1.29 is 9.53 Å². The van der Waals surface area contributed by atoms with Gasteiger partial charge in [0.05, 0.1) is 19.6 Å². The van der Waals surface area contributed by atoms with Gasteiger partial charge in [-0.15, -0.1) is 0 Å². The van der Waals surface area contributed by atoms with Crippen LogP contribution in [0.4, 0.5) is 17.3 Å². The highest BCUT2D eigenvalue weighted by Gasteiger charge is 2.11. The molecular weight excluding hydrogens is 358 g/mol. The van der Waals surface area contributed by atoms with Crippen molar-refractivity contribution in [2.45, 2.75) is 12.8 Å². The van der Waals surface area contributed by atoms with Gasteiger partial charge in [-0.25, -0.2) is 9.97 Å². The second kappa shape index (κ2) is 10.4. The lowest BCUT2D eigenvalue weighted by atomic mass is 10.1. The summed E-state index contributed by atoms with van der Waals surface area (Å²) in [5.74, 6) is 0.744. The SMILES string of the molecule is Nc1c(NCCCN2CCOCC2)ncnc1NNC(=O)Cc1ccccc1. The van der Waals surface area contributed by atoms with E-state index in [0.29, 0.717) is 17.3 Å². The average molecular weight is 385 g/mol. The maximum absolute atomic E-state index is 12.1. The van der Waals surface area contributed by atoms with Gasteiger partial charge in [0.2, 0.25) is 5.91 Å². The van der Waals surface area contributed by atoms with Crippen molar-refractivity contribution in [2.75, 3.05) is 55.9 Å². The standard InChI is InChI=1S/C19H27N7O2/c20-17-18(21-7-4-8-26-9-11-28-12-10-26)22-14-23-19(17)25-24-16(27)13-15-5-2-1-3-6-15/h1-3,5-6,14H,4,7-13,20H2,(H,24,27)(H2,21,22,23,25). The Bertz CT molecular complexity index is 751. The third-order valence-corrected chi connectivity index (χ3v) is 4.46. The number of nitrogens with one attached hydrogen (secondary N) is 3. The van der Waals surface area contributed by atoms with Crippen molar-refractivity contribution in [2.24, 2.45) is 0 Å². The maximum atomic E-state index is 12.1. The first-order valence-corrected chi connectivity index (χ1v) is 9.45. The molecule has 1 saturated heterocycles. The number of hydrazine groups is 1. The first-order chi connectivity index (χ1) is 13.7. The summed E-state index contributed by atoms with van der Waals surface area (Å²) < 4.78 is 5.35. The number of carbonyl (C=O) groups excluding carboxylic acids is 1. The molecule has 1 amide bonds. The number of benzene rings is 1. The van der Waals surface area contributed by atoms with Crippen LogP contribution in [0.2, 0.25) is 0 Å². The average Bonchev–Trinajstić information content (AvgIpc) is 2.73. The molecule has 3 rings (SSSR count). The molecule has 1 aromatic heterocycles. The van der Waals surface area contributed by atoms with Crippen molar-refractivity contribution in [3.05, 3.63) is 42.2 Å². The summed E-state index contributed by atoms with van der Waals surface area (Å²) in [5.41, 5.74) is 12.8. The van der Waals surface area contributed by atoms with Crippen LogP contribution in [-0.2, 0) is 16.0 Å². The number of aromatic nitrogens is 2. The maximum Gasteiger partial charge on any atom is 0.242 e. The Morgan fingerprint density at radius 2 is 1.89 bits per heavy atom. The molecule has 1 aromatic carbocycles. The van der Waals surface area contributed by atoms with Crippen molar-refractivity contribution >= 4 is 23.2 Å². The van der Waals surface area contributed by atoms with Gasteiger partial charge in [0, 0.05) is 19.6 Å². The fraction of sp³-hybridized carbons (Fsp3) is 0.421. The molecule has 2 heterocycles. The topological polar surface area (TPSA) is 117 Å². The number of rotatable bonds is 9. The second-order valence-corrected chi connectivity index (χ2v) is 6.55. The third-order valence-electron chi connectivity index (χ3n) is 4.46. The Morgan fingerprint density at radius 3 is 2.68 bits per heavy atom. The minimum atomic E-state index is -0.177. The summed E-state index contributed by atoms with van der Waals surface area (Å²) in [6.45, 7) is 5.31. The summed E-state index contributed by atoms with van der Waals surface area (Å²) in [7, 11) is 0.